The Bertz CT molecular complexity index is 650. The molecule has 2 rings (SSSR count). The van der Waals surface area contributed by atoms with Crippen molar-refractivity contribution >= 4 is 31.2 Å². The molecule has 1 unspecified atom stereocenters. The Morgan fingerprint density at radius 3 is 2.76 bits per heavy atom. The van der Waals surface area contributed by atoms with E-state index in [-0.39, 0.29) is 24.6 Å². The van der Waals surface area contributed by atoms with Gasteiger partial charge in [0.05, 0.1) is 16.8 Å². The predicted octanol–water partition coefficient (Wildman–Crippen LogP) is 2.04. The molecule has 1 aromatic heterocycles. The summed E-state index contributed by atoms with van der Waals surface area (Å²) in [5.41, 5.74) is 0. The van der Waals surface area contributed by atoms with Crippen LogP contribution in [-0.2, 0) is 19.9 Å². The van der Waals surface area contributed by atoms with Crippen molar-refractivity contribution in [3.63, 3.8) is 0 Å². The smallest absolute Gasteiger partial charge is 0.214 e. The van der Waals surface area contributed by atoms with Crippen molar-refractivity contribution in [2.24, 2.45) is 0 Å². The molecule has 120 valence electrons. The topological polar surface area (TPSA) is 71.5 Å². The zero-order valence-electron chi connectivity index (χ0n) is 12.1. The second-order valence-electron chi connectivity index (χ2n) is 5.23. The van der Waals surface area contributed by atoms with Crippen molar-refractivity contribution in [3.05, 3.63) is 22.4 Å². The van der Waals surface area contributed by atoms with Crippen LogP contribution in [0.2, 0.25) is 0 Å². The summed E-state index contributed by atoms with van der Waals surface area (Å²) in [6.07, 6.45) is 1.76. The van der Waals surface area contributed by atoms with Gasteiger partial charge >= 0.3 is 0 Å². The first kappa shape index (κ1) is 16.9. The van der Waals surface area contributed by atoms with Gasteiger partial charge < -0.3 is 0 Å². The van der Waals surface area contributed by atoms with Crippen molar-refractivity contribution in [2.75, 3.05) is 24.6 Å². The van der Waals surface area contributed by atoms with Gasteiger partial charge in [-0.1, -0.05) is 19.4 Å². The van der Waals surface area contributed by atoms with Crippen LogP contribution in [0.1, 0.15) is 36.3 Å². The predicted molar refractivity (Wildman–Crippen MR) is 85.7 cm³/mol. The normalized spacial score (nSPS) is 23.8. The molecule has 8 heteroatoms. The molecule has 0 aliphatic carbocycles. The molecule has 0 bridgehead atoms. The van der Waals surface area contributed by atoms with Crippen LogP contribution in [0.15, 0.2) is 17.5 Å². The summed E-state index contributed by atoms with van der Waals surface area (Å²) < 4.78 is 50.6. The number of rotatable bonds is 5. The van der Waals surface area contributed by atoms with Gasteiger partial charge in [0.2, 0.25) is 10.0 Å². The Morgan fingerprint density at radius 2 is 2.14 bits per heavy atom. The Kier molecular flexibility index (Phi) is 5.45. The van der Waals surface area contributed by atoms with Crippen LogP contribution in [0.3, 0.4) is 0 Å². The van der Waals surface area contributed by atoms with Crippen molar-refractivity contribution in [2.45, 2.75) is 31.4 Å². The first-order valence-electron chi connectivity index (χ1n) is 7.09. The zero-order chi connectivity index (χ0) is 15.5. The minimum Gasteiger partial charge on any atom is -0.228 e. The van der Waals surface area contributed by atoms with Crippen molar-refractivity contribution in [1.29, 1.82) is 0 Å². The fraction of sp³-hybridized carbons (Fsp3) is 0.692. The molecule has 1 atom stereocenters. The molecule has 5 nitrogen and oxygen atoms in total. The minimum atomic E-state index is -3.34. The average Bonchev–Trinajstić information content (AvgIpc) is 2.88. The van der Waals surface area contributed by atoms with Gasteiger partial charge in [0.25, 0.3) is 0 Å². The Labute approximate surface area is 130 Å². The fourth-order valence-corrected chi connectivity index (χ4v) is 7.24. The van der Waals surface area contributed by atoms with Crippen molar-refractivity contribution < 1.29 is 16.8 Å². The average molecular weight is 352 g/mol. The quantitative estimate of drug-likeness (QED) is 0.814. The molecule has 0 radical (unpaired) electrons. The van der Waals surface area contributed by atoms with E-state index in [1.807, 2.05) is 24.4 Å². The van der Waals surface area contributed by atoms with Crippen LogP contribution < -0.4 is 0 Å². The maximum Gasteiger partial charge on any atom is 0.214 e. The maximum absolute atomic E-state index is 12.4. The molecule has 21 heavy (non-hydrogen) atoms. The van der Waals surface area contributed by atoms with Crippen LogP contribution in [0, 0.1) is 0 Å². The van der Waals surface area contributed by atoms with E-state index in [1.54, 1.807) is 0 Å². The molecule has 2 heterocycles. The lowest BCUT2D eigenvalue weighted by atomic mass is 10.2. The highest BCUT2D eigenvalue weighted by Gasteiger charge is 2.35. The molecular weight excluding hydrogens is 330 g/mol. The van der Waals surface area contributed by atoms with Gasteiger partial charge in [-0.15, -0.1) is 11.3 Å². The Balaban J connectivity index is 2.17. The van der Waals surface area contributed by atoms with Crippen molar-refractivity contribution in [1.82, 2.24) is 4.31 Å². The lowest BCUT2D eigenvalue weighted by Gasteiger charge is -2.19. The number of hydrogen-bond acceptors (Lipinski definition) is 5. The second kappa shape index (κ2) is 6.76. The molecule has 1 aliphatic heterocycles. The summed E-state index contributed by atoms with van der Waals surface area (Å²) in [5, 5.41) is 1.29. The first-order chi connectivity index (χ1) is 9.87. The standard InChI is InChI=1S/C13H21NO4S3/c1-2-3-10-21(17,18)14-7-6-13(12-5-4-9-19-12)20(15,16)11-8-14/h4-5,9,13H,2-3,6-8,10-11H2,1H3. The molecular formula is C13H21NO4S3. The third-order valence-electron chi connectivity index (χ3n) is 3.71. The zero-order valence-corrected chi connectivity index (χ0v) is 14.5. The highest BCUT2D eigenvalue weighted by atomic mass is 32.2. The van der Waals surface area contributed by atoms with E-state index in [1.165, 1.54) is 15.6 Å². The SMILES string of the molecule is CCCCS(=O)(=O)N1CCC(c2cccs2)S(=O)(=O)CC1. The second-order valence-corrected chi connectivity index (χ2v) is 10.6. The summed E-state index contributed by atoms with van der Waals surface area (Å²) in [7, 11) is -6.63. The van der Waals surface area contributed by atoms with E-state index < -0.39 is 25.1 Å². The van der Waals surface area contributed by atoms with E-state index >= 15 is 0 Å². The van der Waals surface area contributed by atoms with E-state index in [2.05, 4.69) is 0 Å². The fourth-order valence-electron chi connectivity index (χ4n) is 2.45. The van der Waals surface area contributed by atoms with Gasteiger partial charge in [-0.25, -0.2) is 21.1 Å². The molecule has 0 N–H and O–H groups in total. The summed E-state index contributed by atoms with van der Waals surface area (Å²) in [5.74, 6) is 0.00807. The Hall–Kier alpha value is -0.440. The number of thiophene rings is 1. The highest BCUT2D eigenvalue weighted by molar-refractivity contribution is 7.92. The van der Waals surface area contributed by atoms with Crippen LogP contribution >= 0.6 is 11.3 Å². The van der Waals surface area contributed by atoms with Gasteiger partial charge in [-0.3, -0.25) is 0 Å². The first-order valence-corrected chi connectivity index (χ1v) is 11.3. The minimum absolute atomic E-state index is 0.0796. The van der Waals surface area contributed by atoms with Crippen LogP contribution in [0.25, 0.3) is 0 Å². The van der Waals surface area contributed by atoms with Crippen LogP contribution in [0.4, 0.5) is 0 Å². The molecule has 0 spiro atoms. The van der Waals surface area contributed by atoms with Gasteiger partial charge in [0, 0.05) is 18.0 Å². The summed E-state index contributed by atoms with van der Waals surface area (Å²) in [6, 6.07) is 3.64. The van der Waals surface area contributed by atoms with Crippen LogP contribution in [-0.4, -0.2) is 45.7 Å². The van der Waals surface area contributed by atoms with Gasteiger partial charge in [-0.2, -0.15) is 0 Å². The van der Waals surface area contributed by atoms with E-state index in [0.717, 1.165) is 11.3 Å². The number of unbranched alkanes of at least 4 members (excludes halogenated alkanes) is 1. The molecule has 0 saturated carbocycles. The molecule has 0 amide bonds. The summed E-state index contributed by atoms with van der Waals surface area (Å²) >= 11 is 1.42. The molecule has 1 fully saturated rings. The molecule has 0 aromatic carbocycles. The largest absolute Gasteiger partial charge is 0.228 e. The Morgan fingerprint density at radius 1 is 1.38 bits per heavy atom. The van der Waals surface area contributed by atoms with Crippen molar-refractivity contribution in [3.8, 4) is 0 Å². The van der Waals surface area contributed by atoms with Gasteiger partial charge in [0.1, 0.15) is 0 Å². The lowest BCUT2D eigenvalue weighted by molar-refractivity contribution is 0.427. The molecule has 1 saturated heterocycles. The molecule has 1 aromatic rings. The lowest BCUT2D eigenvalue weighted by Crippen LogP contribution is -2.35. The number of sulfonamides is 1. The third-order valence-corrected chi connectivity index (χ3v) is 8.91. The van der Waals surface area contributed by atoms with E-state index in [0.29, 0.717) is 12.8 Å². The van der Waals surface area contributed by atoms with Gasteiger partial charge in [-0.05, 0) is 24.3 Å². The third kappa shape index (κ3) is 4.06. The van der Waals surface area contributed by atoms with Crippen LogP contribution in [0.5, 0.6) is 0 Å². The highest BCUT2D eigenvalue weighted by Crippen LogP contribution is 2.32. The summed E-state index contributed by atoms with van der Waals surface area (Å²) in [4.78, 5) is 0.808. The van der Waals surface area contributed by atoms with E-state index in [9.17, 15) is 16.8 Å². The van der Waals surface area contributed by atoms with E-state index in [4.69, 9.17) is 0 Å². The van der Waals surface area contributed by atoms with Gasteiger partial charge in [0.15, 0.2) is 9.84 Å². The number of hydrogen-bond donors (Lipinski definition) is 0. The summed E-state index contributed by atoms with van der Waals surface area (Å²) in [6.45, 7) is 2.30. The maximum atomic E-state index is 12.4. The number of nitrogens with zero attached hydrogens (tertiary/aromatic N) is 1. The number of sulfone groups is 1. The molecule has 1 aliphatic rings. The monoisotopic (exact) mass is 351 g/mol.